The highest BCUT2D eigenvalue weighted by atomic mass is 19.4. The zero-order valence-corrected chi connectivity index (χ0v) is 17.1. The van der Waals surface area contributed by atoms with Crippen molar-refractivity contribution < 1.29 is 41.7 Å². The van der Waals surface area contributed by atoms with Crippen LogP contribution in [0.5, 0.6) is 5.75 Å². The Morgan fingerprint density at radius 2 is 1.67 bits per heavy atom. The molecule has 0 amide bonds. The molecule has 2 rings (SSSR count). The zero-order valence-electron chi connectivity index (χ0n) is 17.1. The Morgan fingerprint density at radius 3 is 2.20 bits per heavy atom. The number of esters is 2. The molecule has 0 aliphatic carbocycles. The van der Waals surface area contributed by atoms with Crippen LogP contribution in [0.1, 0.15) is 45.6 Å². The fourth-order valence-corrected chi connectivity index (χ4v) is 3.23. The molecule has 0 saturated carbocycles. The molecule has 1 atom stereocenters. The minimum absolute atomic E-state index is 0.00173. The molecule has 9 heteroatoms. The Labute approximate surface area is 172 Å². The van der Waals surface area contributed by atoms with Crippen molar-refractivity contribution in [3.8, 4) is 5.75 Å². The third kappa shape index (κ3) is 5.06. The van der Waals surface area contributed by atoms with Crippen LogP contribution in [-0.2, 0) is 29.4 Å². The molecular formula is C21H25F3O6. The molecule has 1 heterocycles. The average molecular weight is 430 g/mol. The minimum Gasteiger partial charge on any atom is -0.494 e. The number of rotatable bonds is 8. The van der Waals surface area contributed by atoms with Crippen molar-refractivity contribution >= 4 is 11.9 Å². The molecule has 6 nitrogen and oxygen atoms in total. The second kappa shape index (κ2) is 9.86. The van der Waals surface area contributed by atoms with Crippen LogP contribution in [0, 0.1) is 0 Å². The van der Waals surface area contributed by atoms with Crippen molar-refractivity contribution in [2.24, 2.45) is 0 Å². The number of halogens is 3. The average Bonchev–Trinajstić information content (AvgIpc) is 3.14. The van der Waals surface area contributed by atoms with E-state index in [1.165, 1.54) is 24.3 Å². The van der Waals surface area contributed by atoms with Crippen LogP contribution in [0.2, 0.25) is 0 Å². The highest BCUT2D eigenvalue weighted by Crippen LogP contribution is 2.52. The number of hydrogen-bond acceptors (Lipinski definition) is 6. The number of carbonyl (C=O) groups is 2. The van der Waals surface area contributed by atoms with Gasteiger partial charge in [-0.25, -0.2) is 4.79 Å². The van der Waals surface area contributed by atoms with E-state index < -0.39 is 36.6 Å². The van der Waals surface area contributed by atoms with E-state index in [0.717, 1.165) is 0 Å². The van der Waals surface area contributed by atoms with Gasteiger partial charge in [-0.2, -0.15) is 13.2 Å². The number of carbonyl (C=O) groups excluding carboxylic acids is 2. The lowest BCUT2D eigenvalue weighted by Gasteiger charge is -2.32. The lowest BCUT2D eigenvalue weighted by molar-refractivity contribution is -0.261. The predicted octanol–water partition coefficient (Wildman–Crippen LogP) is 4.42. The number of alkyl halides is 3. The van der Waals surface area contributed by atoms with Gasteiger partial charge in [-0.05, 0) is 32.9 Å². The first-order chi connectivity index (χ1) is 14.2. The van der Waals surface area contributed by atoms with E-state index in [4.69, 9.17) is 18.9 Å². The van der Waals surface area contributed by atoms with E-state index in [9.17, 15) is 22.8 Å². The molecular weight excluding hydrogens is 405 g/mol. The summed E-state index contributed by atoms with van der Waals surface area (Å²) in [7, 11) is 0. The van der Waals surface area contributed by atoms with Gasteiger partial charge in [-0.1, -0.05) is 12.1 Å². The molecule has 0 radical (unpaired) electrons. The van der Waals surface area contributed by atoms with Crippen LogP contribution in [0.15, 0.2) is 35.6 Å². The normalized spacial score (nSPS) is 20.3. The lowest BCUT2D eigenvalue weighted by atomic mass is 9.90. The fourth-order valence-electron chi connectivity index (χ4n) is 3.23. The Morgan fingerprint density at radius 1 is 1.03 bits per heavy atom. The van der Waals surface area contributed by atoms with Gasteiger partial charge in [0.25, 0.3) is 0 Å². The van der Waals surface area contributed by atoms with E-state index in [2.05, 4.69) is 0 Å². The molecule has 1 aliphatic rings. The molecule has 1 aromatic rings. The quantitative estimate of drug-likeness (QED) is 0.449. The molecule has 1 aliphatic heterocycles. The van der Waals surface area contributed by atoms with Crippen molar-refractivity contribution in [3.05, 3.63) is 41.2 Å². The second-order valence-electron chi connectivity index (χ2n) is 6.49. The molecule has 1 saturated heterocycles. The van der Waals surface area contributed by atoms with Gasteiger partial charge in [0.05, 0.1) is 31.8 Å². The number of allylic oxidation sites excluding steroid dienone is 1. The summed E-state index contributed by atoms with van der Waals surface area (Å²) in [6, 6.07) is 5.44. The Bertz CT molecular complexity index is 785. The highest BCUT2D eigenvalue weighted by molar-refractivity contribution is 5.94. The summed E-state index contributed by atoms with van der Waals surface area (Å²) in [5.41, 5.74) is -3.01. The molecule has 0 spiro atoms. The van der Waals surface area contributed by atoms with E-state index in [0.29, 0.717) is 12.4 Å². The first-order valence-electron chi connectivity index (χ1n) is 9.72. The number of ether oxygens (including phenoxy) is 4. The van der Waals surface area contributed by atoms with Crippen molar-refractivity contribution in [2.45, 2.75) is 51.8 Å². The van der Waals surface area contributed by atoms with Gasteiger partial charge < -0.3 is 18.9 Å². The SMILES string of the molecule is CCOC(=O)C/C(C(=O)OCC)=C1/CCC(c2ccc(OCC)cc2)(C(F)(F)F)O1. The van der Waals surface area contributed by atoms with Crippen molar-refractivity contribution in [1.29, 1.82) is 0 Å². The summed E-state index contributed by atoms with van der Waals surface area (Å²) in [5.74, 6) is -1.43. The predicted molar refractivity (Wildman–Crippen MR) is 101 cm³/mol. The summed E-state index contributed by atoms with van der Waals surface area (Å²) in [4.78, 5) is 24.2. The molecule has 1 fully saturated rings. The largest absolute Gasteiger partial charge is 0.494 e. The maximum atomic E-state index is 14.1. The monoisotopic (exact) mass is 430 g/mol. The summed E-state index contributed by atoms with van der Waals surface area (Å²) in [6.07, 6.45) is -5.91. The maximum Gasteiger partial charge on any atom is 0.432 e. The fraction of sp³-hybridized carbons (Fsp3) is 0.524. The van der Waals surface area contributed by atoms with Crippen molar-refractivity contribution in [2.75, 3.05) is 19.8 Å². The number of benzene rings is 1. The van der Waals surface area contributed by atoms with Crippen LogP contribution in [0.3, 0.4) is 0 Å². The van der Waals surface area contributed by atoms with Crippen LogP contribution in [0.4, 0.5) is 13.2 Å². The Hall–Kier alpha value is -2.71. The Balaban J connectivity index is 2.45. The summed E-state index contributed by atoms with van der Waals surface area (Å²) < 4.78 is 62.8. The van der Waals surface area contributed by atoms with Crippen LogP contribution < -0.4 is 4.74 Å². The topological polar surface area (TPSA) is 71.1 Å². The van der Waals surface area contributed by atoms with Gasteiger partial charge in [-0.3, -0.25) is 4.79 Å². The summed E-state index contributed by atoms with van der Waals surface area (Å²) >= 11 is 0. The van der Waals surface area contributed by atoms with Gasteiger partial charge in [-0.15, -0.1) is 0 Å². The first-order valence-corrected chi connectivity index (χ1v) is 9.72. The molecule has 0 aromatic heterocycles. The van der Waals surface area contributed by atoms with E-state index in [1.54, 1.807) is 20.8 Å². The third-order valence-electron chi connectivity index (χ3n) is 4.58. The minimum atomic E-state index is -4.76. The van der Waals surface area contributed by atoms with E-state index in [1.807, 2.05) is 0 Å². The van der Waals surface area contributed by atoms with E-state index in [-0.39, 0.29) is 36.5 Å². The molecule has 1 aromatic carbocycles. The molecule has 0 bridgehead atoms. The third-order valence-corrected chi connectivity index (χ3v) is 4.58. The maximum absolute atomic E-state index is 14.1. The van der Waals surface area contributed by atoms with Gasteiger partial charge >= 0.3 is 18.1 Å². The van der Waals surface area contributed by atoms with Gasteiger partial charge in [0.15, 0.2) is 0 Å². The van der Waals surface area contributed by atoms with E-state index >= 15 is 0 Å². The Kier molecular flexibility index (Phi) is 7.75. The van der Waals surface area contributed by atoms with Crippen LogP contribution >= 0.6 is 0 Å². The van der Waals surface area contributed by atoms with Crippen LogP contribution in [0.25, 0.3) is 0 Å². The number of hydrogen-bond donors (Lipinski definition) is 0. The summed E-state index contributed by atoms with van der Waals surface area (Å²) in [6.45, 7) is 5.36. The van der Waals surface area contributed by atoms with Crippen molar-refractivity contribution in [3.63, 3.8) is 0 Å². The molecule has 0 N–H and O–H groups in total. The van der Waals surface area contributed by atoms with Crippen LogP contribution in [-0.4, -0.2) is 37.9 Å². The standard InChI is InChI=1S/C21H25F3O6/c1-4-27-15-9-7-14(8-10-15)20(21(22,23)24)12-11-17(30-20)16(19(26)29-6-3)13-18(25)28-5-2/h7-10H,4-6,11-13H2,1-3H3/b17-16+. The molecule has 1 unspecified atom stereocenters. The van der Waals surface area contributed by atoms with Gasteiger partial charge in [0.2, 0.25) is 5.60 Å². The first kappa shape index (κ1) is 23.6. The molecule has 166 valence electrons. The smallest absolute Gasteiger partial charge is 0.432 e. The van der Waals surface area contributed by atoms with Crippen molar-refractivity contribution in [1.82, 2.24) is 0 Å². The van der Waals surface area contributed by atoms with Gasteiger partial charge in [0.1, 0.15) is 11.5 Å². The zero-order chi connectivity index (χ0) is 22.4. The summed E-state index contributed by atoms with van der Waals surface area (Å²) in [5, 5.41) is 0. The van der Waals surface area contributed by atoms with Gasteiger partial charge in [0, 0.05) is 18.4 Å². The highest BCUT2D eigenvalue weighted by Gasteiger charge is 2.61. The second-order valence-corrected chi connectivity index (χ2v) is 6.49. The molecule has 30 heavy (non-hydrogen) atoms. The lowest BCUT2D eigenvalue weighted by Crippen LogP contribution is -2.41.